The molecule has 1 aliphatic carbocycles. The summed E-state index contributed by atoms with van der Waals surface area (Å²) in [6.07, 6.45) is 6.91. The maximum Gasteiger partial charge on any atom is 0.240 e. The fourth-order valence-corrected chi connectivity index (χ4v) is 3.41. The molecule has 0 radical (unpaired) electrons. The first-order valence-electron chi connectivity index (χ1n) is 7.14. The van der Waals surface area contributed by atoms with Crippen molar-refractivity contribution in [2.24, 2.45) is 11.8 Å². The minimum Gasteiger partial charge on any atom is -0.326 e. The molecule has 98 valence electrons. The molecule has 4 unspecified atom stereocenters. The summed E-state index contributed by atoms with van der Waals surface area (Å²) in [7, 11) is 0. The lowest BCUT2D eigenvalue weighted by molar-refractivity contribution is -0.129. The first-order chi connectivity index (χ1) is 8.08. The quantitative estimate of drug-likeness (QED) is 0.818. The molecule has 1 amide bonds. The van der Waals surface area contributed by atoms with E-state index in [0.717, 1.165) is 18.4 Å². The number of nitrogens with zero attached hydrogens (tertiary/aromatic N) is 1. The predicted octanol–water partition coefficient (Wildman–Crippen LogP) is 2.37. The molecule has 2 rings (SSSR count). The van der Waals surface area contributed by atoms with Crippen LogP contribution in [0.3, 0.4) is 0 Å². The second kappa shape index (κ2) is 5.38. The van der Waals surface area contributed by atoms with E-state index in [0.29, 0.717) is 0 Å². The van der Waals surface area contributed by atoms with Gasteiger partial charge in [-0.3, -0.25) is 10.1 Å². The Bertz CT molecular complexity index is 279. The largest absolute Gasteiger partial charge is 0.326 e. The van der Waals surface area contributed by atoms with E-state index in [1.165, 1.54) is 32.1 Å². The minimum atomic E-state index is 0.00952. The monoisotopic (exact) mass is 238 g/mol. The third-order valence-electron chi connectivity index (χ3n) is 4.44. The third-order valence-corrected chi connectivity index (χ3v) is 4.44. The van der Waals surface area contributed by atoms with E-state index < -0.39 is 0 Å². The van der Waals surface area contributed by atoms with Crippen LogP contribution in [0.4, 0.5) is 0 Å². The van der Waals surface area contributed by atoms with Crippen molar-refractivity contribution in [2.75, 3.05) is 6.54 Å². The summed E-state index contributed by atoms with van der Waals surface area (Å²) in [6, 6.07) is 0.00952. The fourth-order valence-electron chi connectivity index (χ4n) is 3.41. The van der Waals surface area contributed by atoms with E-state index in [9.17, 15) is 4.79 Å². The van der Waals surface area contributed by atoms with Gasteiger partial charge in [-0.1, -0.05) is 26.2 Å². The summed E-state index contributed by atoms with van der Waals surface area (Å²) < 4.78 is 0. The van der Waals surface area contributed by atoms with E-state index >= 15 is 0 Å². The van der Waals surface area contributed by atoms with Gasteiger partial charge in [0, 0.05) is 6.54 Å². The van der Waals surface area contributed by atoms with Crippen LogP contribution in [0.5, 0.6) is 0 Å². The number of rotatable bonds is 3. The second-order valence-electron chi connectivity index (χ2n) is 6.02. The standard InChI is InChI=1S/C14H26N2O/c1-10-5-4-6-13(9-10)7-8-16-12(3)15-11(2)14(16)17/h10-13,15H,4-9H2,1-3H3. The Labute approximate surface area is 105 Å². The van der Waals surface area contributed by atoms with Crippen molar-refractivity contribution >= 4 is 5.91 Å². The first-order valence-corrected chi connectivity index (χ1v) is 7.14. The molecule has 0 aromatic heterocycles. The number of hydrogen-bond acceptors (Lipinski definition) is 2. The molecule has 2 aliphatic rings. The zero-order chi connectivity index (χ0) is 12.4. The summed E-state index contributed by atoms with van der Waals surface area (Å²) in [5.74, 6) is 2.01. The van der Waals surface area contributed by atoms with E-state index in [-0.39, 0.29) is 18.1 Å². The normalized spacial score (nSPS) is 38.8. The SMILES string of the molecule is CC1CCCC(CCN2C(=O)C(C)NC2C)C1. The first kappa shape index (κ1) is 12.9. The van der Waals surface area contributed by atoms with E-state index in [1.807, 2.05) is 11.8 Å². The Hall–Kier alpha value is -0.570. The van der Waals surface area contributed by atoms with Crippen molar-refractivity contribution in [1.82, 2.24) is 10.2 Å². The number of amides is 1. The zero-order valence-corrected chi connectivity index (χ0v) is 11.4. The molecule has 4 atom stereocenters. The number of nitrogens with one attached hydrogen (secondary N) is 1. The highest BCUT2D eigenvalue weighted by Gasteiger charge is 2.33. The molecular formula is C14H26N2O. The van der Waals surface area contributed by atoms with Gasteiger partial charge in [0.25, 0.3) is 0 Å². The lowest BCUT2D eigenvalue weighted by atomic mass is 9.81. The van der Waals surface area contributed by atoms with Crippen molar-refractivity contribution in [3.63, 3.8) is 0 Å². The van der Waals surface area contributed by atoms with Gasteiger partial charge in [0.15, 0.2) is 0 Å². The van der Waals surface area contributed by atoms with Crippen LogP contribution in [-0.4, -0.2) is 29.6 Å². The van der Waals surface area contributed by atoms with Crippen molar-refractivity contribution in [3.05, 3.63) is 0 Å². The molecule has 1 aliphatic heterocycles. The highest BCUT2D eigenvalue weighted by molar-refractivity contribution is 5.83. The Morgan fingerprint density at radius 3 is 2.65 bits per heavy atom. The summed E-state index contributed by atoms with van der Waals surface area (Å²) in [5.41, 5.74) is 0. The molecule has 3 nitrogen and oxygen atoms in total. The molecule has 1 N–H and O–H groups in total. The van der Waals surface area contributed by atoms with Gasteiger partial charge >= 0.3 is 0 Å². The topological polar surface area (TPSA) is 32.3 Å². The van der Waals surface area contributed by atoms with Crippen LogP contribution in [0, 0.1) is 11.8 Å². The van der Waals surface area contributed by atoms with Crippen LogP contribution in [0.2, 0.25) is 0 Å². The van der Waals surface area contributed by atoms with Crippen LogP contribution in [0.15, 0.2) is 0 Å². The molecule has 0 aromatic rings. The zero-order valence-electron chi connectivity index (χ0n) is 11.4. The molecule has 2 fully saturated rings. The molecule has 0 bridgehead atoms. The van der Waals surface area contributed by atoms with Gasteiger partial charge in [0.1, 0.15) is 0 Å². The lowest BCUT2D eigenvalue weighted by Gasteiger charge is -2.29. The Morgan fingerprint density at radius 1 is 1.29 bits per heavy atom. The number of hydrogen-bond donors (Lipinski definition) is 1. The van der Waals surface area contributed by atoms with Crippen LogP contribution in [0.1, 0.15) is 52.9 Å². The highest BCUT2D eigenvalue weighted by Crippen LogP contribution is 2.31. The van der Waals surface area contributed by atoms with E-state index in [4.69, 9.17) is 0 Å². The minimum absolute atomic E-state index is 0.00952. The van der Waals surface area contributed by atoms with Crippen LogP contribution >= 0.6 is 0 Å². The molecule has 0 spiro atoms. The molecule has 1 saturated carbocycles. The Balaban J connectivity index is 1.79. The predicted molar refractivity (Wildman–Crippen MR) is 69.5 cm³/mol. The van der Waals surface area contributed by atoms with E-state index in [1.54, 1.807) is 0 Å². The van der Waals surface area contributed by atoms with Gasteiger partial charge in [0.05, 0.1) is 12.2 Å². The van der Waals surface area contributed by atoms with Gasteiger partial charge in [-0.05, 0) is 38.5 Å². The van der Waals surface area contributed by atoms with Gasteiger partial charge in [-0.2, -0.15) is 0 Å². The van der Waals surface area contributed by atoms with Crippen LogP contribution in [-0.2, 0) is 4.79 Å². The molecule has 1 saturated heterocycles. The Kier molecular flexibility index (Phi) is 4.08. The number of carbonyl (C=O) groups excluding carboxylic acids is 1. The average molecular weight is 238 g/mol. The summed E-state index contributed by atoms with van der Waals surface area (Å²) in [5, 5.41) is 3.29. The Morgan fingerprint density at radius 2 is 2.06 bits per heavy atom. The molecule has 1 heterocycles. The van der Waals surface area contributed by atoms with Crippen LogP contribution in [0.25, 0.3) is 0 Å². The summed E-state index contributed by atoms with van der Waals surface area (Å²) in [6.45, 7) is 7.35. The summed E-state index contributed by atoms with van der Waals surface area (Å²) >= 11 is 0. The fraction of sp³-hybridized carbons (Fsp3) is 0.929. The summed E-state index contributed by atoms with van der Waals surface area (Å²) in [4.78, 5) is 13.9. The highest BCUT2D eigenvalue weighted by atomic mass is 16.2. The van der Waals surface area contributed by atoms with Crippen LogP contribution < -0.4 is 5.32 Å². The lowest BCUT2D eigenvalue weighted by Crippen LogP contribution is -2.36. The third kappa shape index (κ3) is 3.01. The maximum absolute atomic E-state index is 11.9. The van der Waals surface area contributed by atoms with Crippen molar-refractivity contribution in [1.29, 1.82) is 0 Å². The molecule has 3 heteroatoms. The van der Waals surface area contributed by atoms with Crippen molar-refractivity contribution in [2.45, 2.75) is 65.1 Å². The van der Waals surface area contributed by atoms with E-state index in [2.05, 4.69) is 19.2 Å². The second-order valence-corrected chi connectivity index (χ2v) is 6.02. The van der Waals surface area contributed by atoms with Crippen molar-refractivity contribution in [3.8, 4) is 0 Å². The van der Waals surface area contributed by atoms with Crippen molar-refractivity contribution < 1.29 is 4.79 Å². The molecule has 17 heavy (non-hydrogen) atoms. The maximum atomic E-state index is 11.9. The molecular weight excluding hydrogens is 212 g/mol. The van der Waals surface area contributed by atoms with Gasteiger partial charge in [-0.15, -0.1) is 0 Å². The smallest absolute Gasteiger partial charge is 0.240 e. The van der Waals surface area contributed by atoms with Gasteiger partial charge < -0.3 is 4.90 Å². The number of carbonyl (C=O) groups is 1. The average Bonchev–Trinajstić information content (AvgIpc) is 2.51. The van der Waals surface area contributed by atoms with Gasteiger partial charge in [-0.25, -0.2) is 0 Å². The van der Waals surface area contributed by atoms with Gasteiger partial charge in [0.2, 0.25) is 5.91 Å². The molecule has 0 aromatic carbocycles.